The van der Waals surface area contributed by atoms with Gasteiger partial charge in [-0.15, -0.1) is 0 Å². The van der Waals surface area contributed by atoms with Gasteiger partial charge in [0.15, 0.2) is 0 Å². The summed E-state index contributed by atoms with van der Waals surface area (Å²) >= 11 is 0. The van der Waals surface area contributed by atoms with E-state index in [2.05, 4.69) is 16.9 Å². The van der Waals surface area contributed by atoms with Gasteiger partial charge in [0.2, 0.25) is 0 Å². The normalized spacial score (nSPS) is 9.93. The summed E-state index contributed by atoms with van der Waals surface area (Å²) < 4.78 is 0. The fourth-order valence-electron chi connectivity index (χ4n) is 1.11. The largest absolute Gasteiger partial charge is 0.478 e. The van der Waals surface area contributed by atoms with E-state index in [1.807, 2.05) is 19.1 Å². The number of rotatable bonds is 5. The number of pyridine rings is 1. The zero-order valence-corrected chi connectivity index (χ0v) is 8.66. The van der Waals surface area contributed by atoms with Crippen LogP contribution in [0, 0.1) is 6.92 Å². The van der Waals surface area contributed by atoms with Crippen LogP contribution in [-0.2, 0) is 11.3 Å². The first-order chi connectivity index (χ1) is 7.11. The molecule has 0 fully saturated rings. The Morgan fingerprint density at radius 3 is 3.00 bits per heavy atom. The predicted molar refractivity (Wildman–Crippen MR) is 57.5 cm³/mol. The molecule has 4 heteroatoms. The molecule has 0 amide bonds. The first-order valence-electron chi connectivity index (χ1n) is 4.63. The molecule has 2 N–H and O–H groups in total. The monoisotopic (exact) mass is 206 g/mol. The maximum absolute atomic E-state index is 10.5. The summed E-state index contributed by atoms with van der Waals surface area (Å²) in [7, 11) is 0. The number of aryl methyl sites for hydroxylation is 1. The Morgan fingerprint density at radius 2 is 2.40 bits per heavy atom. The van der Waals surface area contributed by atoms with Gasteiger partial charge in [-0.3, -0.25) is 4.98 Å². The van der Waals surface area contributed by atoms with Crippen LogP contribution < -0.4 is 5.32 Å². The summed E-state index contributed by atoms with van der Waals surface area (Å²) in [5.74, 6) is -0.972. The lowest BCUT2D eigenvalue weighted by Gasteiger charge is -2.06. The van der Waals surface area contributed by atoms with E-state index in [1.54, 1.807) is 6.20 Å². The van der Waals surface area contributed by atoms with Crippen molar-refractivity contribution < 1.29 is 9.90 Å². The molecule has 1 aromatic rings. The molecule has 0 aliphatic carbocycles. The zero-order chi connectivity index (χ0) is 11.3. The number of nitrogens with one attached hydrogen (secondary N) is 1. The molecule has 0 aromatic carbocycles. The van der Waals surface area contributed by atoms with Crippen molar-refractivity contribution in [3.8, 4) is 0 Å². The van der Waals surface area contributed by atoms with Crippen molar-refractivity contribution >= 4 is 5.97 Å². The molecule has 4 nitrogen and oxygen atoms in total. The van der Waals surface area contributed by atoms with Crippen LogP contribution in [0.25, 0.3) is 0 Å². The fraction of sp³-hybridized carbons (Fsp3) is 0.273. The summed E-state index contributed by atoms with van der Waals surface area (Å²) in [4.78, 5) is 14.6. The Morgan fingerprint density at radius 1 is 1.67 bits per heavy atom. The second kappa shape index (κ2) is 5.26. The fourth-order valence-corrected chi connectivity index (χ4v) is 1.11. The summed E-state index contributed by atoms with van der Waals surface area (Å²) in [6.07, 6.45) is 1.72. The summed E-state index contributed by atoms with van der Waals surface area (Å²) in [6.45, 7) is 6.22. The van der Waals surface area contributed by atoms with Gasteiger partial charge in [-0.25, -0.2) is 4.79 Å². The lowest BCUT2D eigenvalue weighted by Crippen LogP contribution is -2.20. The SMILES string of the molecule is C=C(CNCc1ncccc1C)C(=O)O. The number of aliphatic carboxylic acids is 1. The minimum absolute atomic E-state index is 0.156. The van der Waals surface area contributed by atoms with Crippen molar-refractivity contribution in [2.24, 2.45) is 0 Å². The number of hydrogen-bond acceptors (Lipinski definition) is 3. The van der Waals surface area contributed by atoms with Crippen molar-refractivity contribution in [1.29, 1.82) is 0 Å². The number of carboxylic acids is 1. The predicted octanol–water partition coefficient (Wildman–Crippen LogP) is 1.12. The van der Waals surface area contributed by atoms with Crippen molar-refractivity contribution in [3.63, 3.8) is 0 Å². The van der Waals surface area contributed by atoms with Gasteiger partial charge >= 0.3 is 5.97 Å². The van der Waals surface area contributed by atoms with Crippen LogP contribution in [0.3, 0.4) is 0 Å². The quantitative estimate of drug-likeness (QED) is 0.709. The third-order valence-corrected chi connectivity index (χ3v) is 2.05. The molecule has 0 saturated heterocycles. The molecular weight excluding hydrogens is 192 g/mol. The summed E-state index contributed by atoms with van der Waals surface area (Å²) in [5.41, 5.74) is 2.17. The highest BCUT2D eigenvalue weighted by Crippen LogP contribution is 2.02. The van der Waals surface area contributed by atoms with E-state index in [4.69, 9.17) is 5.11 Å². The molecule has 0 unspecified atom stereocenters. The number of carbonyl (C=O) groups is 1. The molecule has 0 aliphatic rings. The molecule has 0 spiro atoms. The highest BCUT2D eigenvalue weighted by molar-refractivity contribution is 5.86. The topological polar surface area (TPSA) is 62.2 Å². The minimum Gasteiger partial charge on any atom is -0.478 e. The standard InChI is InChI=1S/C11H14N2O2/c1-8-4-3-5-13-10(8)7-12-6-9(2)11(14)15/h3-5,12H,2,6-7H2,1H3,(H,14,15). The lowest BCUT2D eigenvalue weighted by molar-refractivity contribution is -0.132. The maximum Gasteiger partial charge on any atom is 0.332 e. The van der Waals surface area contributed by atoms with Gasteiger partial charge in [0.25, 0.3) is 0 Å². The average Bonchev–Trinajstić information content (AvgIpc) is 2.20. The van der Waals surface area contributed by atoms with Crippen LogP contribution in [0.2, 0.25) is 0 Å². The number of aromatic nitrogens is 1. The van der Waals surface area contributed by atoms with Crippen LogP contribution in [0.5, 0.6) is 0 Å². The van der Waals surface area contributed by atoms with E-state index in [9.17, 15) is 4.79 Å². The Hall–Kier alpha value is -1.68. The summed E-state index contributed by atoms with van der Waals surface area (Å²) in [6, 6.07) is 3.84. The highest BCUT2D eigenvalue weighted by Gasteiger charge is 2.03. The van der Waals surface area contributed by atoms with E-state index >= 15 is 0 Å². The van der Waals surface area contributed by atoms with E-state index < -0.39 is 5.97 Å². The van der Waals surface area contributed by atoms with E-state index in [0.29, 0.717) is 6.54 Å². The van der Waals surface area contributed by atoms with Gasteiger partial charge in [-0.1, -0.05) is 12.6 Å². The molecule has 1 heterocycles. The summed E-state index contributed by atoms with van der Waals surface area (Å²) in [5, 5.41) is 11.6. The molecule has 0 saturated carbocycles. The Labute approximate surface area is 88.7 Å². The van der Waals surface area contributed by atoms with Crippen LogP contribution in [-0.4, -0.2) is 22.6 Å². The molecule has 80 valence electrons. The van der Waals surface area contributed by atoms with E-state index in [-0.39, 0.29) is 12.1 Å². The van der Waals surface area contributed by atoms with E-state index in [0.717, 1.165) is 11.3 Å². The van der Waals surface area contributed by atoms with Crippen molar-refractivity contribution in [2.75, 3.05) is 6.54 Å². The van der Waals surface area contributed by atoms with Crippen LogP contribution in [0.1, 0.15) is 11.3 Å². The van der Waals surface area contributed by atoms with Gasteiger partial charge in [0, 0.05) is 24.9 Å². The minimum atomic E-state index is -0.972. The van der Waals surface area contributed by atoms with Crippen molar-refractivity contribution in [2.45, 2.75) is 13.5 Å². The molecule has 1 aromatic heterocycles. The van der Waals surface area contributed by atoms with Crippen molar-refractivity contribution in [1.82, 2.24) is 10.3 Å². The smallest absolute Gasteiger partial charge is 0.332 e. The second-order valence-electron chi connectivity index (χ2n) is 3.28. The Bertz CT molecular complexity index is 375. The first-order valence-corrected chi connectivity index (χ1v) is 4.63. The average molecular weight is 206 g/mol. The Balaban J connectivity index is 2.42. The lowest BCUT2D eigenvalue weighted by atomic mass is 10.2. The second-order valence-corrected chi connectivity index (χ2v) is 3.28. The van der Waals surface area contributed by atoms with Crippen LogP contribution in [0.4, 0.5) is 0 Å². The number of hydrogen-bond donors (Lipinski definition) is 2. The Kier molecular flexibility index (Phi) is 4.00. The molecule has 1 rings (SSSR count). The van der Waals surface area contributed by atoms with Gasteiger partial charge in [-0.05, 0) is 18.6 Å². The number of nitrogens with zero attached hydrogens (tertiary/aromatic N) is 1. The van der Waals surface area contributed by atoms with Gasteiger partial charge in [0.1, 0.15) is 0 Å². The van der Waals surface area contributed by atoms with Crippen molar-refractivity contribution in [3.05, 3.63) is 41.7 Å². The van der Waals surface area contributed by atoms with Gasteiger partial charge < -0.3 is 10.4 Å². The molecule has 0 atom stereocenters. The molecule has 15 heavy (non-hydrogen) atoms. The molecular formula is C11H14N2O2. The first kappa shape index (κ1) is 11.4. The molecule has 0 radical (unpaired) electrons. The van der Waals surface area contributed by atoms with Gasteiger partial charge in [-0.2, -0.15) is 0 Å². The number of carboxylic acid groups (broad SMARTS) is 1. The molecule has 0 bridgehead atoms. The van der Waals surface area contributed by atoms with Crippen LogP contribution >= 0.6 is 0 Å². The van der Waals surface area contributed by atoms with Gasteiger partial charge in [0.05, 0.1) is 5.69 Å². The highest BCUT2D eigenvalue weighted by atomic mass is 16.4. The third-order valence-electron chi connectivity index (χ3n) is 2.05. The van der Waals surface area contributed by atoms with Crippen LogP contribution in [0.15, 0.2) is 30.5 Å². The zero-order valence-electron chi connectivity index (χ0n) is 8.66. The third kappa shape index (κ3) is 3.52. The maximum atomic E-state index is 10.5. The van der Waals surface area contributed by atoms with E-state index in [1.165, 1.54) is 0 Å². The molecule has 0 aliphatic heterocycles.